The molecule has 6 nitrogen and oxygen atoms in total. The van der Waals surface area contributed by atoms with Crippen molar-refractivity contribution in [2.45, 2.75) is 0 Å². The highest BCUT2D eigenvalue weighted by atomic mass is 127. The Morgan fingerprint density at radius 3 is 2.80 bits per heavy atom. The van der Waals surface area contributed by atoms with E-state index < -0.39 is 10.7 Å². The van der Waals surface area contributed by atoms with Crippen LogP contribution in [0.25, 0.3) is 0 Å². The first-order valence-corrected chi connectivity index (χ1v) is 7.33. The zero-order valence-corrected chi connectivity index (χ0v) is 12.9. The lowest BCUT2D eigenvalue weighted by molar-refractivity contribution is -0.384. The van der Waals surface area contributed by atoms with E-state index in [4.69, 9.17) is 4.74 Å². The van der Waals surface area contributed by atoms with E-state index in [0.29, 0.717) is 19.8 Å². The number of nitro benzene ring substituents is 1. The molecule has 0 aliphatic carbocycles. The van der Waals surface area contributed by atoms with E-state index in [9.17, 15) is 14.5 Å². The van der Waals surface area contributed by atoms with Gasteiger partial charge in [0, 0.05) is 38.3 Å². The third kappa shape index (κ3) is 4.00. The highest BCUT2D eigenvalue weighted by Gasteiger charge is 2.17. The quantitative estimate of drug-likeness (QED) is 0.470. The summed E-state index contributed by atoms with van der Waals surface area (Å²) in [6.45, 7) is 4.39. The van der Waals surface area contributed by atoms with Crippen molar-refractivity contribution in [2.24, 2.45) is 0 Å². The zero-order chi connectivity index (χ0) is 14.5. The van der Waals surface area contributed by atoms with Crippen molar-refractivity contribution in [1.29, 1.82) is 0 Å². The molecule has 1 saturated heterocycles. The summed E-state index contributed by atoms with van der Waals surface area (Å²) < 4.78 is 19.0. The smallest absolute Gasteiger partial charge is 0.293 e. The number of hydrogen-bond donors (Lipinski definition) is 1. The Labute approximate surface area is 129 Å². The molecule has 1 aromatic rings. The van der Waals surface area contributed by atoms with Gasteiger partial charge in [-0.2, -0.15) is 0 Å². The number of hydrogen-bond acceptors (Lipinski definition) is 5. The molecule has 0 aromatic heterocycles. The Bertz CT molecular complexity index is 495. The molecule has 110 valence electrons. The molecule has 1 heterocycles. The van der Waals surface area contributed by atoms with Gasteiger partial charge in [0.1, 0.15) is 11.5 Å². The van der Waals surface area contributed by atoms with Crippen LogP contribution in [0.4, 0.5) is 15.8 Å². The molecule has 0 atom stereocenters. The van der Waals surface area contributed by atoms with Crippen LogP contribution in [0.1, 0.15) is 0 Å². The summed E-state index contributed by atoms with van der Waals surface area (Å²) in [5.74, 6) is -0.454. The number of nitro groups is 1. The van der Waals surface area contributed by atoms with Gasteiger partial charge in [-0.05, 0) is 22.6 Å². The van der Waals surface area contributed by atoms with Gasteiger partial charge in [-0.3, -0.25) is 15.0 Å². The van der Waals surface area contributed by atoms with Crippen LogP contribution in [-0.4, -0.2) is 49.2 Å². The largest absolute Gasteiger partial charge is 0.379 e. The van der Waals surface area contributed by atoms with Gasteiger partial charge in [-0.15, -0.1) is 0 Å². The second-order valence-corrected chi connectivity index (χ2v) is 5.58. The molecular formula is C12H15FIN3O3. The van der Waals surface area contributed by atoms with Gasteiger partial charge in [0.05, 0.1) is 21.7 Å². The van der Waals surface area contributed by atoms with Crippen molar-refractivity contribution in [3.8, 4) is 0 Å². The van der Waals surface area contributed by atoms with Crippen LogP contribution in [0, 0.1) is 19.5 Å². The lowest BCUT2D eigenvalue weighted by atomic mass is 10.2. The van der Waals surface area contributed by atoms with E-state index in [1.165, 1.54) is 12.1 Å². The van der Waals surface area contributed by atoms with Crippen molar-refractivity contribution in [1.82, 2.24) is 4.90 Å². The molecule has 8 heteroatoms. The highest BCUT2D eigenvalue weighted by Crippen LogP contribution is 2.28. The van der Waals surface area contributed by atoms with Crippen LogP contribution in [-0.2, 0) is 4.74 Å². The van der Waals surface area contributed by atoms with Gasteiger partial charge in [0.25, 0.3) is 5.69 Å². The lowest BCUT2D eigenvalue weighted by Crippen LogP contribution is -2.39. The zero-order valence-electron chi connectivity index (χ0n) is 10.8. The van der Waals surface area contributed by atoms with E-state index in [0.717, 1.165) is 19.6 Å². The van der Waals surface area contributed by atoms with E-state index in [1.54, 1.807) is 22.6 Å². The fraction of sp³-hybridized carbons (Fsp3) is 0.500. The molecule has 0 unspecified atom stereocenters. The summed E-state index contributed by atoms with van der Waals surface area (Å²) in [6, 6.07) is 2.42. The number of benzene rings is 1. The van der Waals surface area contributed by atoms with Crippen LogP contribution in [0.15, 0.2) is 12.1 Å². The van der Waals surface area contributed by atoms with Gasteiger partial charge in [-0.25, -0.2) is 4.39 Å². The van der Waals surface area contributed by atoms with Crippen LogP contribution in [0.3, 0.4) is 0 Å². The fourth-order valence-corrected chi connectivity index (χ4v) is 2.45. The maximum atomic E-state index is 13.5. The normalized spacial score (nSPS) is 16.1. The second kappa shape index (κ2) is 7.14. The van der Waals surface area contributed by atoms with E-state index >= 15 is 0 Å². The molecule has 0 radical (unpaired) electrons. The van der Waals surface area contributed by atoms with E-state index in [2.05, 4.69) is 10.2 Å². The minimum Gasteiger partial charge on any atom is -0.379 e. The first-order chi connectivity index (χ1) is 9.58. The van der Waals surface area contributed by atoms with Crippen LogP contribution >= 0.6 is 22.6 Å². The van der Waals surface area contributed by atoms with Gasteiger partial charge >= 0.3 is 0 Å². The molecule has 0 amide bonds. The fourth-order valence-electron chi connectivity index (χ4n) is 2.00. The molecule has 1 aliphatic heterocycles. The molecule has 2 rings (SSSR count). The first-order valence-electron chi connectivity index (χ1n) is 6.25. The standard InChI is InChI=1S/C12H15FIN3O3/c13-9-7-11(12(17(18)19)8-10(9)14)15-1-2-16-3-5-20-6-4-16/h7-8,15H,1-6H2. The molecule has 0 spiro atoms. The predicted octanol–water partition coefficient (Wildman–Crippen LogP) is 2.08. The van der Waals surface area contributed by atoms with Crippen molar-refractivity contribution < 1.29 is 14.1 Å². The summed E-state index contributed by atoms with van der Waals surface area (Å²) in [7, 11) is 0. The minimum absolute atomic E-state index is 0.0993. The van der Waals surface area contributed by atoms with E-state index in [1.807, 2.05) is 0 Å². The van der Waals surface area contributed by atoms with Gasteiger partial charge in [-0.1, -0.05) is 0 Å². The maximum absolute atomic E-state index is 13.5. The summed E-state index contributed by atoms with van der Waals surface area (Å²) in [4.78, 5) is 12.7. The molecule has 1 fully saturated rings. The Balaban J connectivity index is 1.97. The number of ether oxygens (including phenoxy) is 1. The topological polar surface area (TPSA) is 67.6 Å². The molecular weight excluding hydrogens is 380 g/mol. The Morgan fingerprint density at radius 1 is 1.45 bits per heavy atom. The summed E-state index contributed by atoms with van der Waals surface area (Å²) in [5.41, 5.74) is 0.124. The number of nitrogens with one attached hydrogen (secondary N) is 1. The SMILES string of the molecule is O=[N+]([O-])c1cc(I)c(F)cc1NCCN1CCOCC1. The average Bonchev–Trinajstić information content (AvgIpc) is 2.43. The molecule has 0 saturated carbocycles. The first kappa shape index (κ1) is 15.4. The van der Waals surface area contributed by atoms with E-state index in [-0.39, 0.29) is 14.9 Å². The maximum Gasteiger partial charge on any atom is 0.293 e. The monoisotopic (exact) mass is 395 g/mol. The van der Waals surface area contributed by atoms with Gasteiger partial charge in [0.15, 0.2) is 0 Å². The van der Waals surface area contributed by atoms with Crippen LogP contribution in [0.2, 0.25) is 0 Å². The highest BCUT2D eigenvalue weighted by molar-refractivity contribution is 14.1. The number of anilines is 1. The molecule has 1 N–H and O–H groups in total. The van der Waals surface area contributed by atoms with Crippen LogP contribution < -0.4 is 5.32 Å². The summed E-state index contributed by atoms with van der Waals surface area (Å²) >= 11 is 1.74. The summed E-state index contributed by atoms with van der Waals surface area (Å²) in [6.07, 6.45) is 0. The minimum atomic E-state index is -0.501. The second-order valence-electron chi connectivity index (χ2n) is 4.42. The summed E-state index contributed by atoms with van der Waals surface area (Å²) in [5, 5.41) is 13.9. The molecule has 20 heavy (non-hydrogen) atoms. The average molecular weight is 395 g/mol. The molecule has 0 bridgehead atoms. The Kier molecular flexibility index (Phi) is 5.49. The van der Waals surface area contributed by atoms with Crippen molar-refractivity contribution >= 4 is 34.0 Å². The molecule has 1 aromatic carbocycles. The van der Waals surface area contributed by atoms with Crippen molar-refractivity contribution in [3.63, 3.8) is 0 Å². The number of nitrogens with zero attached hydrogens (tertiary/aromatic N) is 2. The third-order valence-corrected chi connectivity index (χ3v) is 3.91. The number of morpholine rings is 1. The third-order valence-electron chi connectivity index (χ3n) is 3.08. The Hall–Kier alpha value is -1.00. The number of rotatable bonds is 5. The lowest BCUT2D eigenvalue weighted by Gasteiger charge is -2.26. The van der Waals surface area contributed by atoms with Crippen molar-refractivity contribution in [2.75, 3.05) is 44.7 Å². The number of halogens is 2. The van der Waals surface area contributed by atoms with Crippen molar-refractivity contribution in [3.05, 3.63) is 31.6 Å². The molecule has 1 aliphatic rings. The van der Waals surface area contributed by atoms with Gasteiger partial charge in [0.2, 0.25) is 0 Å². The van der Waals surface area contributed by atoms with Crippen LogP contribution in [0.5, 0.6) is 0 Å². The van der Waals surface area contributed by atoms with Gasteiger partial charge < -0.3 is 10.1 Å². The predicted molar refractivity (Wildman–Crippen MR) is 81.5 cm³/mol. The Morgan fingerprint density at radius 2 is 2.15 bits per heavy atom.